The lowest BCUT2D eigenvalue weighted by Crippen LogP contribution is -2.31. The summed E-state index contributed by atoms with van der Waals surface area (Å²) in [5.41, 5.74) is -0.388. The fourth-order valence-corrected chi connectivity index (χ4v) is 1.68. The van der Waals surface area contributed by atoms with E-state index in [1.807, 2.05) is 6.92 Å². The molecule has 18 heavy (non-hydrogen) atoms. The highest BCUT2D eigenvalue weighted by Crippen LogP contribution is 2.10. The van der Waals surface area contributed by atoms with Gasteiger partial charge in [-0.25, -0.2) is 4.98 Å². The van der Waals surface area contributed by atoms with E-state index in [0.717, 1.165) is 0 Å². The molecule has 1 aromatic heterocycles. The first-order chi connectivity index (χ1) is 8.47. The molecule has 6 nitrogen and oxygen atoms in total. The van der Waals surface area contributed by atoms with E-state index in [9.17, 15) is 14.4 Å². The van der Waals surface area contributed by atoms with E-state index in [1.165, 1.54) is 30.8 Å². The van der Waals surface area contributed by atoms with Gasteiger partial charge in [-0.05, 0) is 20.3 Å². The maximum Gasteiger partial charge on any atom is 0.293 e. The van der Waals surface area contributed by atoms with Crippen LogP contribution in [0.4, 0.5) is 5.82 Å². The van der Waals surface area contributed by atoms with E-state index in [-0.39, 0.29) is 29.5 Å². The normalized spacial score (nSPS) is 11.9. The highest BCUT2D eigenvalue weighted by Gasteiger charge is 2.17. The summed E-state index contributed by atoms with van der Waals surface area (Å²) in [6.45, 7) is 4.74. The van der Waals surface area contributed by atoms with Crippen LogP contribution in [-0.2, 0) is 9.59 Å². The summed E-state index contributed by atoms with van der Waals surface area (Å²) >= 11 is 0. The van der Waals surface area contributed by atoms with Crippen molar-refractivity contribution >= 4 is 17.4 Å². The molecule has 1 N–H and O–H groups in total. The summed E-state index contributed by atoms with van der Waals surface area (Å²) in [4.78, 5) is 38.2. The topological polar surface area (TPSA) is 81.1 Å². The summed E-state index contributed by atoms with van der Waals surface area (Å²) < 4.78 is 1.35. The first kappa shape index (κ1) is 14.1. The summed E-state index contributed by atoms with van der Waals surface area (Å²) in [5.74, 6) is -0.0825. The van der Waals surface area contributed by atoms with Crippen molar-refractivity contribution in [2.24, 2.45) is 0 Å². The molecule has 6 heteroatoms. The van der Waals surface area contributed by atoms with Crippen LogP contribution in [-0.4, -0.2) is 27.7 Å². The predicted octanol–water partition coefficient (Wildman–Crippen LogP) is 0.784. The molecule has 0 aliphatic carbocycles. The van der Waals surface area contributed by atoms with Crippen molar-refractivity contribution in [3.63, 3.8) is 0 Å². The van der Waals surface area contributed by atoms with Gasteiger partial charge in [0.15, 0.2) is 11.6 Å². The standard InChI is InChI=1S/C12H17N3O3/c1-4-10(9(3)17)15-6-5-13-11(12(15)18)14-7-8(2)16/h5-6,10H,4,7H2,1-3H3,(H,13,14). The molecule has 0 radical (unpaired) electrons. The molecule has 0 amide bonds. The van der Waals surface area contributed by atoms with Crippen LogP contribution >= 0.6 is 0 Å². The first-order valence-corrected chi connectivity index (χ1v) is 5.78. The number of nitrogens with one attached hydrogen (secondary N) is 1. The lowest BCUT2D eigenvalue weighted by atomic mass is 10.1. The molecule has 98 valence electrons. The van der Waals surface area contributed by atoms with E-state index < -0.39 is 6.04 Å². The van der Waals surface area contributed by atoms with Gasteiger partial charge in [0.05, 0.1) is 12.6 Å². The largest absolute Gasteiger partial charge is 0.358 e. The molecule has 0 saturated heterocycles. The second-order valence-electron chi connectivity index (χ2n) is 4.08. The van der Waals surface area contributed by atoms with Gasteiger partial charge < -0.3 is 9.88 Å². The van der Waals surface area contributed by atoms with E-state index >= 15 is 0 Å². The molecule has 1 aromatic rings. The highest BCUT2D eigenvalue weighted by atomic mass is 16.1. The Kier molecular flexibility index (Phi) is 4.76. The molecule has 0 aromatic carbocycles. The third-order valence-electron chi connectivity index (χ3n) is 2.56. The van der Waals surface area contributed by atoms with E-state index in [2.05, 4.69) is 10.3 Å². The number of Topliss-reactive ketones (excluding diaryl/α,β-unsaturated/α-hetero) is 2. The molecule has 0 aliphatic rings. The van der Waals surface area contributed by atoms with Gasteiger partial charge in [0.1, 0.15) is 5.78 Å². The van der Waals surface area contributed by atoms with E-state index in [0.29, 0.717) is 6.42 Å². The summed E-state index contributed by atoms with van der Waals surface area (Å²) in [6, 6.07) is -0.488. The number of hydrogen-bond donors (Lipinski definition) is 1. The predicted molar refractivity (Wildman–Crippen MR) is 67.7 cm³/mol. The van der Waals surface area contributed by atoms with Crippen LogP contribution < -0.4 is 10.9 Å². The Hall–Kier alpha value is -1.98. The van der Waals surface area contributed by atoms with Gasteiger partial charge in [-0.15, -0.1) is 0 Å². The molecule has 0 bridgehead atoms. The fraction of sp³-hybridized carbons (Fsp3) is 0.500. The van der Waals surface area contributed by atoms with Crippen molar-refractivity contribution in [1.29, 1.82) is 0 Å². The van der Waals surface area contributed by atoms with Gasteiger partial charge in [0.2, 0.25) is 0 Å². The molecule has 0 saturated carbocycles. The molecule has 0 spiro atoms. The number of hydrogen-bond acceptors (Lipinski definition) is 5. The van der Waals surface area contributed by atoms with E-state index in [4.69, 9.17) is 0 Å². The van der Waals surface area contributed by atoms with Gasteiger partial charge in [-0.1, -0.05) is 6.92 Å². The molecular formula is C12H17N3O3. The number of nitrogens with zero attached hydrogens (tertiary/aromatic N) is 2. The van der Waals surface area contributed by atoms with Crippen LogP contribution in [0, 0.1) is 0 Å². The Morgan fingerprint density at radius 2 is 2.11 bits per heavy atom. The van der Waals surface area contributed by atoms with Gasteiger partial charge in [-0.3, -0.25) is 14.4 Å². The maximum absolute atomic E-state index is 12.1. The minimum absolute atomic E-state index is 0.0448. The molecule has 1 rings (SSSR count). The summed E-state index contributed by atoms with van der Waals surface area (Å²) in [6.07, 6.45) is 3.46. The van der Waals surface area contributed by atoms with Crippen LogP contribution in [0.2, 0.25) is 0 Å². The molecule has 0 aliphatic heterocycles. The number of carbonyl (C=O) groups excluding carboxylic acids is 2. The van der Waals surface area contributed by atoms with Crippen molar-refractivity contribution in [3.05, 3.63) is 22.7 Å². The molecule has 1 unspecified atom stereocenters. The Bertz CT molecular complexity index is 508. The number of carbonyl (C=O) groups is 2. The Balaban J connectivity index is 3.08. The fourth-order valence-electron chi connectivity index (χ4n) is 1.68. The zero-order chi connectivity index (χ0) is 13.7. The quantitative estimate of drug-likeness (QED) is 0.808. The monoisotopic (exact) mass is 251 g/mol. The van der Waals surface area contributed by atoms with Crippen molar-refractivity contribution in [2.75, 3.05) is 11.9 Å². The minimum atomic E-state index is -0.488. The third-order valence-corrected chi connectivity index (χ3v) is 2.56. The number of rotatable bonds is 6. The Morgan fingerprint density at radius 3 is 2.61 bits per heavy atom. The maximum atomic E-state index is 12.1. The van der Waals surface area contributed by atoms with Crippen molar-refractivity contribution in [1.82, 2.24) is 9.55 Å². The van der Waals surface area contributed by atoms with E-state index in [1.54, 1.807) is 0 Å². The van der Waals surface area contributed by atoms with Crippen LogP contribution in [0.1, 0.15) is 33.2 Å². The average molecular weight is 251 g/mol. The number of ketones is 2. The third kappa shape index (κ3) is 3.26. The Morgan fingerprint density at radius 1 is 1.44 bits per heavy atom. The van der Waals surface area contributed by atoms with Crippen molar-refractivity contribution in [2.45, 2.75) is 33.2 Å². The summed E-state index contributed by atoms with van der Waals surface area (Å²) in [7, 11) is 0. The number of aromatic nitrogens is 2. The van der Waals surface area contributed by atoms with Crippen molar-refractivity contribution in [3.8, 4) is 0 Å². The molecule has 0 fully saturated rings. The minimum Gasteiger partial charge on any atom is -0.358 e. The van der Waals surface area contributed by atoms with Gasteiger partial charge in [0.25, 0.3) is 5.56 Å². The highest BCUT2D eigenvalue weighted by molar-refractivity contribution is 5.80. The zero-order valence-electron chi connectivity index (χ0n) is 10.8. The molecule has 1 heterocycles. The Labute approximate surface area is 105 Å². The zero-order valence-corrected chi connectivity index (χ0v) is 10.8. The second-order valence-corrected chi connectivity index (χ2v) is 4.08. The van der Waals surface area contributed by atoms with Gasteiger partial charge in [-0.2, -0.15) is 0 Å². The lowest BCUT2D eigenvalue weighted by molar-refractivity contribution is -0.120. The SMILES string of the molecule is CCC(C(C)=O)n1ccnc(NCC(C)=O)c1=O. The number of anilines is 1. The van der Waals surface area contributed by atoms with Gasteiger partial charge >= 0.3 is 0 Å². The van der Waals surface area contributed by atoms with Crippen LogP contribution in [0.15, 0.2) is 17.2 Å². The molecular weight excluding hydrogens is 234 g/mol. The lowest BCUT2D eigenvalue weighted by Gasteiger charge is -2.15. The van der Waals surface area contributed by atoms with Crippen LogP contribution in [0.5, 0.6) is 0 Å². The second kappa shape index (κ2) is 6.09. The molecule has 1 atom stereocenters. The smallest absolute Gasteiger partial charge is 0.293 e. The van der Waals surface area contributed by atoms with Crippen LogP contribution in [0.25, 0.3) is 0 Å². The average Bonchev–Trinajstić information content (AvgIpc) is 2.30. The first-order valence-electron chi connectivity index (χ1n) is 5.78. The van der Waals surface area contributed by atoms with Crippen molar-refractivity contribution < 1.29 is 9.59 Å². The van der Waals surface area contributed by atoms with Gasteiger partial charge in [0, 0.05) is 12.4 Å². The van der Waals surface area contributed by atoms with Crippen LogP contribution in [0.3, 0.4) is 0 Å². The summed E-state index contributed by atoms with van der Waals surface area (Å²) in [5, 5.41) is 2.67.